The Hall–Kier alpha value is -1.89. The van der Waals surface area contributed by atoms with Gasteiger partial charge < -0.3 is 9.40 Å². The van der Waals surface area contributed by atoms with Gasteiger partial charge in [-0.3, -0.25) is 9.25 Å². The van der Waals surface area contributed by atoms with Crippen LogP contribution in [0.1, 0.15) is 30.7 Å². The third-order valence-electron chi connectivity index (χ3n) is 3.27. The Balaban J connectivity index is 2.10. The highest BCUT2D eigenvalue weighted by molar-refractivity contribution is 7.71. The van der Waals surface area contributed by atoms with Crippen molar-refractivity contribution in [2.45, 2.75) is 33.2 Å². The SMILES string of the molecule is CCCc1nn(C)c2c1[nH]c(=S)n2Cc1ncc(C)o1. The minimum Gasteiger partial charge on any atom is -0.444 e. The number of H-pyrrole nitrogens is 1. The summed E-state index contributed by atoms with van der Waals surface area (Å²) in [7, 11) is 1.93. The summed E-state index contributed by atoms with van der Waals surface area (Å²) in [5, 5.41) is 4.56. The van der Waals surface area contributed by atoms with Crippen LogP contribution in [0.5, 0.6) is 0 Å². The van der Waals surface area contributed by atoms with Crippen LogP contribution in [0.3, 0.4) is 0 Å². The largest absolute Gasteiger partial charge is 0.444 e. The summed E-state index contributed by atoms with van der Waals surface area (Å²) in [6, 6.07) is 0. The van der Waals surface area contributed by atoms with Crippen LogP contribution in [0.15, 0.2) is 10.6 Å². The standard InChI is InChI=1S/C13H17N5OS/c1-4-5-9-11-12(17(3)16-9)18(13(20)15-11)7-10-14-6-8(2)19-10/h6H,4-5,7H2,1-3H3,(H,15,20). The Kier molecular flexibility index (Phi) is 3.21. The maximum Gasteiger partial charge on any atom is 0.214 e. The van der Waals surface area contributed by atoms with Crippen LogP contribution in [-0.4, -0.2) is 24.3 Å². The number of aromatic nitrogens is 5. The van der Waals surface area contributed by atoms with Gasteiger partial charge in [-0.2, -0.15) is 5.10 Å². The van der Waals surface area contributed by atoms with Crippen molar-refractivity contribution in [3.8, 4) is 0 Å². The molecular weight excluding hydrogens is 274 g/mol. The van der Waals surface area contributed by atoms with Crippen molar-refractivity contribution in [1.29, 1.82) is 0 Å². The molecule has 7 heteroatoms. The number of fused-ring (bicyclic) bond motifs is 1. The van der Waals surface area contributed by atoms with Crippen molar-refractivity contribution in [3.63, 3.8) is 0 Å². The lowest BCUT2D eigenvalue weighted by Gasteiger charge is -2.01. The van der Waals surface area contributed by atoms with Gasteiger partial charge in [-0.05, 0) is 25.6 Å². The lowest BCUT2D eigenvalue weighted by molar-refractivity contribution is 0.457. The van der Waals surface area contributed by atoms with Crippen molar-refractivity contribution < 1.29 is 4.42 Å². The molecule has 0 unspecified atom stereocenters. The fourth-order valence-electron chi connectivity index (χ4n) is 2.45. The average molecular weight is 291 g/mol. The smallest absolute Gasteiger partial charge is 0.214 e. The second-order valence-electron chi connectivity index (χ2n) is 4.90. The normalized spacial score (nSPS) is 11.6. The zero-order valence-electron chi connectivity index (χ0n) is 11.8. The minimum absolute atomic E-state index is 0.512. The third-order valence-corrected chi connectivity index (χ3v) is 3.59. The van der Waals surface area contributed by atoms with E-state index in [-0.39, 0.29) is 0 Å². The van der Waals surface area contributed by atoms with Gasteiger partial charge in [0.05, 0.1) is 11.9 Å². The van der Waals surface area contributed by atoms with E-state index in [1.165, 1.54) is 0 Å². The summed E-state index contributed by atoms with van der Waals surface area (Å²) in [5.41, 5.74) is 3.05. The summed E-state index contributed by atoms with van der Waals surface area (Å²) < 4.78 is 10.0. The van der Waals surface area contributed by atoms with E-state index in [0.29, 0.717) is 17.2 Å². The predicted octanol–water partition coefficient (Wildman–Crippen LogP) is 2.73. The van der Waals surface area contributed by atoms with E-state index in [4.69, 9.17) is 16.6 Å². The second kappa shape index (κ2) is 4.90. The monoisotopic (exact) mass is 291 g/mol. The van der Waals surface area contributed by atoms with Crippen LogP contribution >= 0.6 is 12.2 Å². The van der Waals surface area contributed by atoms with Crippen LogP contribution < -0.4 is 0 Å². The molecule has 0 spiro atoms. The first-order valence-corrected chi connectivity index (χ1v) is 7.06. The fraction of sp³-hybridized carbons (Fsp3) is 0.462. The highest BCUT2D eigenvalue weighted by Gasteiger charge is 2.16. The zero-order chi connectivity index (χ0) is 14.3. The molecule has 0 saturated carbocycles. The molecule has 1 N–H and O–H groups in total. The quantitative estimate of drug-likeness (QED) is 0.751. The number of hydrogen-bond acceptors (Lipinski definition) is 4. The Morgan fingerprint density at radius 2 is 2.25 bits per heavy atom. The highest BCUT2D eigenvalue weighted by atomic mass is 32.1. The first kappa shape index (κ1) is 13.1. The summed E-state index contributed by atoms with van der Waals surface area (Å²) in [6.07, 6.45) is 3.70. The van der Waals surface area contributed by atoms with Gasteiger partial charge in [-0.1, -0.05) is 13.3 Å². The molecule has 0 aliphatic carbocycles. The van der Waals surface area contributed by atoms with Gasteiger partial charge in [0.15, 0.2) is 10.4 Å². The fourth-order valence-corrected chi connectivity index (χ4v) is 2.70. The van der Waals surface area contributed by atoms with Crippen molar-refractivity contribution in [3.05, 3.63) is 28.3 Å². The summed E-state index contributed by atoms with van der Waals surface area (Å²) in [6.45, 7) is 4.53. The first-order chi connectivity index (χ1) is 9.60. The van der Waals surface area contributed by atoms with Crippen LogP contribution in [0.2, 0.25) is 0 Å². The van der Waals surface area contributed by atoms with E-state index >= 15 is 0 Å². The van der Waals surface area contributed by atoms with Crippen LogP contribution in [0.25, 0.3) is 11.2 Å². The van der Waals surface area contributed by atoms with Crippen LogP contribution in [-0.2, 0) is 20.0 Å². The molecule has 0 fully saturated rings. The van der Waals surface area contributed by atoms with E-state index in [9.17, 15) is 0 Å². The summed E-state index contributed by atoms with van der Waals surface area (Å²) >= 11 is 5.41. The van der Waals surface area contributed by atoms with Crippen LogP contribution in [0, 0.1) is 11.7 Å². The molecule has 20 heavy (non-hydrogen) atoms. The van der Waals surface area contributed by atoms with E-state index in [1.807, 2.05) is 23.2 Å². The maximum absolute atomic E-state index is 5.53. The minimum atomic E-state index is 0.512. The molecule has 3 rings (SSSR count). The molecule has 0 amide bonds. The van der Waals surface area contributed by atoms with Crippen molar-refractivity contribution >= 4 is 23.4 Å². The van der Waals surface area contributed by atoms with E-state index in [2.05, 4.69) is 22.0 Å². The van der Waals surface area contributed by atoms with Crippen molar-refractivity contribution in [1.82, 2.24) is 24.3 Å². The molecule has 0 atom stereocenters. The van der Waals surface area contributed by atoms with Crippen molar-refractivity contribution in [2.24, 2.45) is 7.05 Å². The van der Waals surface area contributed by atoms with Gasteiger partial charge >= 0.3 is 0 Å². The van der Waals surface area contributed by atoms with Gasteiger partial charge in [0.2, 0.25) is 5.89 Å². The number of aryl methyl sites for hydroxylation is 3. The zero-order valence-corrected chi connectivity index (χ0v) is 12.6. The number of rotatable bonds is 4. The number of imidazole rings is 1. The average Bonchev–Trinajstić information content (AvgIpc) is 3.02. The number of nitrogens with one attached hydrogen (secondary N) is 1. The summed E-state index contributed by atoms with van der Waals surface area (Å²) in [5.74, 6) is 1.45. The molecule has 3 heterocycles. The predicted molar refractivity (Wildman–Crippen MR) is 78.2 cm³/mol. The lowest BCUT2D eigenvalue weighted by atomic mass is 10.2. The summed E-state index contributed by atoms with van der Waals surface area (Å²) in [4.78, 5) is 7.49. The van der Waals surface area contributed by atoms with Gasteiger partial charge in [0, 0.05) is 7.05 Å². The van der Waals surface area contributed by atoms with Crippen molar-refractivity contribution in [2.75, 3.05) is 0 Å². The van der Waals surface area contributed by atoms with Gasteiger partial charge in [-0.25, -0.2) is 4.98 Å². The Morgan fingerprint density at radius 3 is 2.90 bits per heavy atom. The molecule has 0 aromatic carbocycles. The lowest BCUT2D eigenvalue weighted by Crippen LogP contribution is -2.04. The Labute approximate surface area is 121 Å². The van der Waals surface area contributed by atoms with E-state index in [0.717, 1.165) is 35.5 Å². The molecule has 0 aliphatic rings. The second-order valence-corrected chi connectivity index (χ2v) is 5.29. The molecule has 0 saturated heterocycles. The molecule has 6 nitrogen and oxygen atoms in total. The van der Waals surface area contributed by atoms with Gasteiger partial charge in [0.1, 0.15) is 17.8 Å². The Bertz CT molecular complexity index is 807. The first-order valence-electron chi connectivity index (χ1n) is 6.65. The number of aromatic amines is 1. The number of hydrogen-bond donors (Lipinski definition) is 1. The van der Waals surface area contributed by atoms with Gasteiger partial charge in [0.25, 0.3) is 0 Å². The highest BCUT2D eigenvalue weighted by Crippen LogP contribution is 2.20. The van der Waals surface area contributed by atoms with Crippen LogP contribution in [0.4, 0.5) is 0 Å². The molecule has 0 bridgehead atoms. The molecule has 106 valence electrons. The molecule has 0 aliphatic heterocycles. The molecule has 3 aromatic rings. The number of oxazole rings is 1. The van der Waals surface area contributed by atoms with E-state index < -0.39 is 0 Å². The molecule has 0 radical (unpaired) electrons. The molecular formula is C13H17N5OS. The Morgan fingerprint density at radius 1 is 1.45 bits per heavy atom. The van der Waals surface area contributed by atoms with Gasteiger partial charge in [-0.15, -0.1) is 0 Å². The third kappa shape index (κ3) is 2.07. The maximum atomic E-state index is 5.53. The number of nitrogens with zero attached hydrogens (tertiary/aromatic N) is 4. The topological polar surface area (TPSA) is 64.6 Å². The molecule has 3 aromatic heterocycles. The van der Waals surface area contributed by atoms with E-state index in [1.54, 1.807) is 6.20 Å².